The number of alkyl halides is 1. The highest BCUT2D eigenvalue weighted by Gasteiger charge is 2.27. The summed E-state index contributed by atoms with van der Waals surface area (Å²) in [7, 11) is 0. The SMILES string of the molecule is CC(=O)CN=C1CCCC/C1=C(/N)C(=O)N1CCCC(F)C1.CCCCC(CCC)Oc1ccccc1C. The molecule has 1 aliphatic heterocycles. The van der Waals surface area contributed by atoms with Gasteiger partial charge in [-0.05, 0) is 76.8 Å². The van der Waals surface area contributed by atoms with Crippen LogP contribution in [0.15, 0.2) is 40.5 Å². The van der Waals surface area contributed by atoms with Gasteiger partial charge in [0.1, 0.15) is 17.6 Å². The molecule has 2 unspecified atom stereocenters. The number of nitrogens with two attached hydrogens (primary N) is 1. The number of Topliss-reactive ketones (excluding diaryl/α,β-unsaturated/α-hetero) is 1. The number of ketones is 1. The second kappa shape index (κ2) is 17.0. The molecular formula is C31H48FN3O3. The number of carbonyl (C=O) groups excluding carboxylic acids is 2. The summed E-state index contributed by atoms with van der Waals surface area (Å²) in [5.41, 5.74) is 8.99. The monoisotopic (exact) mass is 529 g/mol. The van der Waals surface area contributed by atoms with Crippen molar-refractivity contribution in [2.75, 3.05) is 19.6 Å². The van der Waals surface area contributed by atoms with Crippen LogP contribution in [-0.2, 0) is 9.59 Å². The van der Waals surface area contributed by atoms with E-state index in [1.165, 1.54) is 43.1 Å². The van der Waals surface area contributed by atoms with Crippen LogP contribution in [-0.4, -0.2) is 54.2 Å². The maximum absolute atomic E-state index is 13.5. The average molecular weight is 530 g/mol. The van der Waals surface area contributed by atoms with E-state index in [4.69, 9.17) is 10.5 Å². The van der Waals surface area contributed by atoms with Crippen LogP contribution in [0.2, 0.25) is 0 Å². The van der Waals surface area contributed by atoms with Crippen molar-refractivity contribution in [3.05, 3.63) is 41.1 Å². The van der Waals surface area contributed by atoms with Gasteiger partial charge in [0, 0.05) is 17.8 Å². The van der Waals surface area contributed by atoms with Gasteiger partial charge in [-0.3, -0.25) is 14.6 Å². The smallest absolute Gasteiger partial charge is 0.270 e. The molecule has 3 rings (SSSR count). The number of carbonyl (C=O) groups is 2. The number of halogens is 1. The summed E-state index contributed by atoms with van der Waals surface area (Å²) in [4.78, 5) is 29.4. The van der Waals surface area contributed by atoms with E-state index in [0.717, 1.165) is 42.7 Å². The molecule has 38 heavy (non-hydrogen) atoms. The van der Waals surface area contributed by atoms with E-state index < -0.39 is 6.17 Å². The fourth-order valence-electron chi connectivity index (χ4n) is 4.85. The molecule has 0 aromatic heterocycles. The van der Waals surface area contributed by atoms with Crippen LogP contribution in [0.4, 0.5) is 4.39 Å². The molecule has 1 heterocycles. The Bertz CT molecular complexity index is 959. The van der Waals surface area contributed by atoms with E-state index in [0.29, 0.717) is 31.9 Å². The maximum atomic E-state index is 13.5. The molecule has 2 fully saturated rings. The number of allylic oxidation sites excluding steroid dienone is 1. The van der Waals surface area contributed by atoms with Crippen molar-refractivity contribution in [3.8, 4) is 5.75 Å². The molecule has 1 aromatic carbocycles. The van der Waals surface area contributed by atoms with E-state index in [2.05, 4.69) is 44.0 Å². The van der Waals surface area contributed by atoms with E-state index in [9.17, 15) is 14.0 Å². The third-order valence-electron chi connectivity index (χ3n) is 7.02. The van der Waals surface area contributed by atoms with E-state index >= 15 is 0 Å². The van der Waals surface area contributed by atoms with Crippen molar-refractivity contribution >= 4 is 17.4 Å². The summed E-state index contributed by atoms with van der Waals surface area (Å²) in [5, 5.41) is 0. The van der Waals surface area contributed by atoms with Gasteiger partial charge < -0.3 is 15.4 Å². The minimum absolute atomic E-state index is 0.0152. The third-order valence-corrected chi connectivity index (χ3v) is 7.02. The number of para-hydroxylation sites is 1. The molecule has 1 saturated heterocycles. The summed E-state index contributed by atoms with van der Waals surface area (Å²) in [5.74, 6) is 0.741. The van der Waals surface area contributed by atoms with Crippen molar-refractivity contribution in [2.24, 2.45) is 10.7 Å². The van der Waals surface area contributed by atoms with Crippen molar-refractivity contribution < 1.29 is 18.7 Å². The van der Waals surface area contributed by atoms with Crippen LogP contribution in [0.25, 0.3) is 0 Å². The lowest BCUT2D eigenvalue weighted by Crippen LogP contribution is -2.43. The molecule has 2 aliphatic rings. The van der Waals surface area contributed by atoms with Crippen molar-refractivity contribution in [1.29, 1.82) is 0 Å². The Kier molecular flexibility index (Phi) is 14.1. The Balaban J connectivity index is 0.000000281. The van der Waals surface area contributed by atoms with Gasteiger partial charge in [0.25, 0.3) is 5.91 Å². The average Bonchev–Trinajstić information content (AvgIpc) is 2.91. The Hall–Kier alpha value is -2.70. The molecule has 7 heteroatoms. The molecule has 1 aromatic rings. The summed E-state index contributed by atoms with van der Waals surface area (Å²) in [6.45, 7) is 8.84. The summed E-state index contributed by atoms with van der Waals surface area (Å²) < 4.78 is 19.6. The highest BCUT2D eigenvalue weighted by molar-refractivity contribution is 6.08. The van der Waals surface area contributed by atoms with E-state index in [-0.39, 0.29) is 30.5 Å². The first-order valence-electron chi connectivity index (χ1n) is 14.4. The summed E-state index contributed by atoms with van der Waals surface area (Å²) in [6.07, 6.45) is 10.0. The van der Waals surface area contributed by atoms with Gasteiger partial charge in [0.05, 0.1) is 19.2 Å². The molecule has 1 saturated carbocycles. The van der Waals surface area contributed by atoms with Gasteiger partial charge in [-0.15, -0.1) is 0 Å². The number of hydrogen-bond donors (Lipinski definition) is 1. The normalized spacial score (nSPS) is 20.8. The van der Waals surface area contributed by atoms with Gasteiger partial charge in [0.2, 0.25) is 0 Å². The van der Waals surface area contributed by atoms with Crippen LogP contribution in [0.1, 0.15) is 97.0 Å². The number of ether oxygens (including phenoxy) is 1. The zero-order valence-corrected chi connectivity index (χ0v) is 23.9. The second-order valence-corrected chi connectivity index (χ2v) is 10.5. The zero-order valence-electron chi connectivity index (χ0n) is 23.9. The third kappa shape index (κ3) is 10.6. The standard InChI is InChI=1S/C16H24FN3O2.C15H24O/c1-11(21)9-19-14-7-3-2-6-13(14)15(18)16(22)20-8-4-5-12(17)10-20;1-4-6-11-14(9-5-2)16-15-12-8-7-10-13(15)3/h12H,2-10,18H2,1H3;7-8,10,12,14H,4-6,9,11H2,1-3H3/b15-13-,19-14?;. The summed E-state index contributed by atoms with van der Waals surface area (Å²) in [6, 6.07) is 8.29. The molecule has 2 atom stereocenters. The Morgan fingerprint density at radius 3 is 2.53 bits per heavy atom. The topological polar surface area (TPSA) is 85.0 Å². The number of aliphatic imine (C=N–C) groups is 1. The number of amides is 1. The molecule has 6 nitrogen and oxygen atoms in total. The van der Waals surface area contributed by atoms with Gasteiger partial charge >= 0.3 is 0 Å². The predicted octanol–water partition coefficient (Wildman–Crippen LogP) is 6.50. The molecule has 0 bridgehead atoms. The van der Waals surface area contributed by atoms with Gasteiger partial charge in [-0.25, -0.2) is 4.39 Å². The lowest BCUT2D eigenvalue weighted by molar-refractivity contribution is -0.129. The highest BCUT2D eigenvalue weighted by Crippen LogP contribution is 2.25. The number of unbranched alkanes of at least 4 members (excludes halogenated alkanes) is 1. The molecule has 1 aliphatic carbocycles. The Labute approximate surface area is 228 Å². The van der Waals surface area contributed by atoms with Gasteiger partial charge in [-0.1, -0.05) is 51.3 Å². The number of benzene rings is 1. The van der Waals surface area contributed by atoms with Crippen LogP contribution in [0.3, 0.4) is 0 Å². The number of nitrogens with zero attached hydrogens (tertiary/aromatic N) is 2. The van der Waals surface area contributed by atoms with Crippen LogP contribution < -0.4 is 10.5 Å². The van der Waals surface area contributed by atoms with Gasteiger partial charge in [0.15, 0.2) is 5.78 Å². The Morgan fingerprint density at radius 1 is 1.13 bits per heavy atom. The van der Waals surface area contributed by atoms with Crippen molar-refractivity contribution in [1.82, 2.24) is 4.90 Å². The first-order valence-corrected chi connectivity index (χ1v) is 14.4. The molecule has 0 radical (unpaired) electrons. The molecule has 1 amide bonds. The van der Waals surface area contributed by atoms with Crippen molar-refractivity contribution in [3.63, 3.8) is 0 Å². The lowest BCUT2D eigenvalue weighted by atomic mass is 9.90. The molecule has 212 valence electrons. The Morgan fingerprint density at radius 2 is 1.87 bits per heavy atom. The zero-order chi connectivity index (χ0) is 27.9. The number of likely N-dealkylation sites (tertiary alicyclic amines) is 1. The minimum atomic E-state index is -0.965. The van der Waals surface area contributed by atoms with Crippen LogP contribution in [0.5, 0.6) is 5.75 Å². The van der Waals surface area contributed by atoms with Gasteiger partial charge in [-0.2, -0.15) is 0 Å². The molecule has 2 N–H and O–H groups in total. The number of piperidine rings is 1. The summed E-state index contributed by atoms with van der Waals surface area (Å²) >= 11 is 0. The highest BCUT2D eigenvalue weighted by atomic mass is 19.1. The lowest BCUT2D eigenvalue weighted by Gasteiger charge is -2.30. The predicted molar refractivity (Wildman–Crippen MR) is 153 cm³/mol. The van der Waals surface area contributed by atoms with E-state index in [1.807, 2.05) is 6.07 Å². The number of hydrogen-bond acceptors (Lipinski definition) is 5. The first kappa shape index (κ1) is 31.5. The fraction of sp³-hybridized carbons (Fsp3) is 0.645. The maximum Gasteiger partial charge on any atom is 0.270 e. The molecular weight excluding hydrogens is 481 g/mol. The first-order chi connectivity index (χ1) is 18.3. The minimum Gasteiger partial charge on any atom is -0.490 e. The number of aryl methyl sites for hydroxylation is 1. The van der Waals surface area contributed by atoms with Crippen LogP contribution in [0, 0.1) is 6.92 Å². The van der Waals surface area contributed by atoms with E-state index in [1.54, 1.807) is 0 Å². The number of rotatable bonds is 10. The van der Waals surface area contributed by atoms with Crippen LogP contribution >= 0.6 is 0 Å². The molecule has 0 spiro atoms. The fourth-order valence-corrected chi connectivity index (χ4v) is 4.85. The quantitative estimate of drug-likeness (QED) is 0.351. The second-order valence-electron chi connectivity index (χ2n) is 10.5. The van der Waals surface area contributed by atoms with Crippen molar-refractivity contribution in [2.45, 2.75) is 111 Å². The largest absolute Gasteiger partial charge is 0.490 e.